The molecule has 0 bridgehead atoms. The Labute approximate surface area is 319 Å². The number of benzene rings is 1. The van der Waals surface area contributed by atoms with Gasteiger partial charge in [-0.1, -0.05) is 0 Å². The van der Waals surface area contributed by atoms with E-state index in [1.165, 1.54) is 0 Å². The summed E-state index contributed by atoms with van der Waals surface area (Å²) in [5, 5.41) is 122. The van der Waals surface area contributed by atoms with Crippen LogP contribution >= 0.6 is 90.4 Å². The van der Waals surface area contributed by atoms with Gasteiger partial charge >= 0.3 is 0 Å². The fraction of sp³-hybridized carbons (Fsp3) is 0.692. The Morgan fingerprint density at radius 2 is 0.783 bits per heavy atom. The van der Waals surface area contributed by atoms with Gasteiger partial charge in [0.2, 0.25) is 11.8 Å². The molecule has 10 unspecified atom stereocenters. The standard InChI is InChI=1S/C26H40I4N2O14/c1-9(37)31(11(3-5-33)21(41)25(45)23(43)13(39)7-35)19-15(27)17(29)20(18(30)16(19)28)32(10(2)38)12(4-6-34)22(42)26(46)24(44)14(40)8-36/h11-14,21-26,33-36,39-46H,3-8H2,1-2H3. The summed E-state index contributed by atoms with van der Waals surface area (Å²) < 4.78 is 1.25. The van der Waals surface area contributed by atoms with E-state index in [0.717, 1.165) is 23.6 Å². The minimum absolute atomic E-state index is 0.178. The van der Waals surface area contributed by atoms with Crippen LogP contribution in [-0.4, -0.2) is 160 Å². The van der Waals surface area contributed by atoms with Gasteiger partial charge in [0, 0.05) is 27.1 Å². The summed E-state index contributed by atoms with van der Waals surface area (Å²) in [5.41, 5.74) is 0.356. The Bertz CT molecular complexity index is 1050. The van der Waals surface area contributed by atoms with Crippen molar-refractivity contribution in [2.24, 2.45) is 0 Å². The van der Waals surface area contributed by atoms with Crippen molar-refractivity contribution in [1.29, 1.82) is 0 Å². The third kappa shape index (κ3) is 10.3. The van der Waals surface area contributed by atoms with Gasteiger partial charge < -0.3 is 71.1 Å². The fourth-order valence-corrected chi connectivity index (χ4v) is 9.02. The highest BCUT2D eigenvalue weighted by atomic mass is 127. The lowest BCUT2D eigenvalue weighted by Gasteiger charge is -2.41. The summed E-state index contributed by atoms with van der Waals surface area (Å²) in [4.78, 5) is 28.5. The third-order valence-electron chi connectivity index (χ3n) is 7.24. The van der Waals surface area contributed by atoms with Crippen LogP contribution in [0.5, 0.6) is 0 Å². The molecule has 10 atom stereocenters. The van der Waals surface area contributed by atoms with E-state index in [1.54, 1.807) is 0 Å². The van der Waals surface area contributed by atoms with Crippen LogP contribution in [0.2, 0.25) is 0 Å². The molecule has 16 nitrogen and oxygen atoms in total. The number of aliphatic hydroxyl groups excluding tert-OH is 12. The summed E-state index contributed by atoms with van der Waals surface area (Å²) in [6.07, 6.45) is -16.3. The van der Waals surface area contributed by atoms with E-state index in [-0.39, 0.29) is 24.2 Å². The van der Waals surface area contributed by atoms with E-state index in [1.807, 2.05) is 90.4 Å². The molecule has 1 aromatic rings. The highest BCUT2D eigenvalue weighted by Crippen LogP contribution is 2.45. The molecule has 12 N–H and O–H groups in total. The summed E-state index contributed by atoms with van der Waals surface area (Å²) in [7, 11) is 0. The third-order valence-corrected chi connectivity index (χ3v) is 13.5. The van der Waals surface area contributed by atoms with Crippen LogP contribution in [0.25, 0.3) is 0 Å². The average molecular weight is 1110 g/mol. The quantitative estimate of drug-likeness (QED) is 0.0523. The molecular weight excluding hydrogens is 1070 g/mol. The number of hydrogen-bond acceptors (Lipinski definition) is 14. The Balaban J connectivity index is 3.95. The lowest BCUT2D eigenvalue weighted by atomic mass is 9.94. The molecule has 20 heteroatoms. The SMILES string of the molecule is CC(=O)N(c1c(I)c(I)c(N(C(C)=O)C(CCO)C(O)C(O)C(O)C(O)CO)c(I)c1I)C(CCO)C(O)C(O)C(O)C(O)CO. The fourth-order valence-electron chi connectivity index (χ4n) is 4.85. The maximum atomic E-state index is 13.2. The van der Waals surface area contributed by atoms with Crippen molar-refractivity contribution in [1.82, 2.24) is 0 Å². The van der Waals surface area contributed by atoms with E-state index in [2.05, 4.69) is 0 Å². The highest BCUT2D eigenvalue weighted by Gasteiger charge is 2.43. The molecule has 0 aliphatic heterocycles. The second kappa shape index (κ2) is 20.4. The zero-order valence-corrected chi connectivity index (χ0v) is 33.2. The monoisotopic (exact) mass is 1110 g/mol. The Morgan fingerprint density at radius 1 is 0.522 bits per heavy atom. The number of aliphatic hydroxyl groups is 12. The van der Waals surface area contributed by atoms with E-state index in [4.69, 9.17) is 0 Å². The zero-order valence-electron chi connectivity index (χ0n) is 24.6. The van der Waals surface area contributed by atoms with E-state index >= 15 is 0 Å². The van der Waals surface area contributed by atoms with Crippen molar-refractivity contribution >= 4 is 114 Å². The number of carbonyl (C=O) groups excluding carboxylic acids is 2. The molecular formula is C26H40I4N2O14. The first-order valence-corrected chi connectivity index (χ1v) is 18.0. The predicted octanol–water partition coefficient (Wildman–Crippen LogP) is -2.82. The Morgan fingerprint density at radius 3 is 0.978 bits per heavy atom. The van der Waals surface area contributed by atoms with Crippen LogP contribution in [0.1, 0.15) is 26.7 Å². The van der Waals surface area contributed by atoms with Gasteiger partial charge in [0.05, 0.1) is 51.0 Å². The number of carbonyl (C=O) groups is 2. The van der Waals surface area contributed by atoms with Crippen LogP contribution in [-0.2, 0) is 9.59 Å². The molecule has 1 rings (SSSR count). The van der Waals surface area contributed by atoms with Gasteiger partial charge in [-0.3, -0.25) is 9.59 Å². The van der Waals surface area contributed by atoms with Gasteiger partial charge in [-0.05, 0) is 103 Å². The molecule has 0 saturated heterocycles. The maximum Gasteiger partial charge on any atom is 0.224 e. The molecule has 0 heterocycles. The first kappa shape index (κ1) is 44.6. The average Bonchev–Trinajstić information content (AvgIpc) is 3.02. The van der Waals surface area contributed by atoms with Crippen molar-refractivity contribution in [2.75, 3.05) is 36.2 Å². The second-order valence-corrected chi connectivity index (χ2v) is 14.6. The molecule has 0 radical (unpaired) electrons. The van der Waals surface area contributed by atoms with Crippen molar-refractivity contribution in [3.8, 4) is 0 Å². The number of anilines is 2. The molecule has 0 aliphatic carbocycles. The van der Waals surface area contributed by atoms with E-state index < -0.39 is 99.2 Å². The molecule has 0 aliphatic rings. The molecule has 266 valence electrons. The van der Waals surface area contributed by atoms with Gasteiger partial charge in [0.15, 0.2) is 0 Å². The number of rotatable bonds is 18. The van der Waals surface area contributed by atoms with Crippen molar-refractivity contribution in [3.63, 3.8) is 0 Å². The van der Waals surface area contributed by atoms with Gasteiger partial charge in [-0.25, -0.2) is 0 Å². The summed E-state index contributed by atoms with van der Waals surface area (Å²) in [6, 6.07) is -2.75. The van der Waals surface area contributed by atoms with Crippen LogP contribution in [0.15, 0.2) is 0 Å². The lowest BCUT2D eigenvalue weighted by molar-refractivity contribution is -0.127. The first-order chi connectivity index (χ1) is 21.4. The van der Waals surface area contributed by atoms with Gasteiger partial charge in [0.25, 0.3) is 0 Å². The first-order valence-electron chi connectivity index (χ1n) is 13.7. The second-order valence-electron chi connectivity index (χ2n) is 10.3. The number of nitrogens with zero attached hydrogens (tertiary/aromatic N) is 2. The van der Waals surface area contributed by atoms with Gasteiger partial charge in [0.1, 0.15) is 48.8 Å². The summed E-state index contributed by atoms with van der Waals surface area (Å²) >= 11 is 7.49. The molecule has 46 heavy (non-hydrogen) atoms. The molecule has 0 fully saturated rings. The van der Waals surface area contributed by atoms with Crippen LogP contribution in [0.4, 0.5) is 11.4 Å². The van der Waals surface area contributed by atoms with Crippen LogP contribution < -0.4 is 9.80 Å². The minimum Gasteiger partial charge on any atom is -0.396 e. The molecule has 2 amide bonds. The van der Waals surface area contributed by atoms with Crippen LogP contribution in [0, 0.1) is 14.3 Å². The molecule has 0 spiro atoms. The van der Waals surface area contributed by atoms with Gasteiger partial charge in [-0.15, -0.1) is 0 Å². The maximum absolute atomic E-state index is 13.2. The summed E-state index contributed by atoms with van der Waals surface area (Å²) in [6.45, 7) is -0.703. The smallest absolute Gasteiger partial charge is 0.224 e. The zero-order chi connectivity index (χ0) is 35.8. The Kier molecular flexibility index (Phi) is 19.8. The van der Waals surface area contributed by atoms with Crippen molar-refractivity contribution < 1.29 is 70.9 Å². The van der Waals surface area contributed by atoms with Gasteiger partial charge in [-0.2, -0.15) is 0 Å². The van der Waals surface area contributed by atoms with E-state index in [0.29, 0.717) is 14.3 Å². The summed E-state index contributed by atoms with van der Waals surface area (Å²) in [5.74, 6) is -1.32. The number of halogens is 4. The predicted molar refractivity (Wildman–Crippen MR) is 197 cm³/mol. The topological polar surface area (TPSA) is 283 Å². The molecule has 0 aromatic heterocycles. The normalized spacial score (nSPS) is 18.5. The highest BCUT2D eigenvalue weighted by molar-refractivity contribution is 14.1. The molecule has 0 saturated carbocycles. The van der Waals surface area contributed by atoms with Crippen molar-refractivity contribution in [3.05, 3.63) is 14.3 Å². The Hall–Kier alpha value is 0.600. The number of hydrogen-bond donors (Lipinski definition) is 12. The van der Waals surface area contributed by atoms with Crippen LogP contribution in [0.3, 0.4) is 0 Å². The minimum atomic E-state index is -2.06. The number of amides is 2. The lowest BCUT2D eigenvalue weighted by Crippen LogP contribution is -2.57. The largest absolute Gasteiger partial charge is 0.396 e. The molecule has 1 aromatic carbocycles. The van der Waals surface area contributed by atoms with Crippen molar-refractivity contribution in [2.45, 2.75) is 87.6 Å². The van der Waals surface area contributed by atoms with E-state index in [9.17, 15) is 70.9 Å².